The molecule has 17 heavy (non-hydrogen) atoms. The van der Waals surface area contributed by atoms with Crippen molar-refractivity contribution in [1.29, 1.82) is 0 Å². The van der Waals surface area contributed by atoms with Gasteiger partial charge in [0.1, 0.15) is 6.10 Å². The number of aliphatic hydroxyl groups is 1. The zero-order valence-corrected chi connectivity index (χ0v) is 10.4. The number of thiazole rings is 1. The molecule has 0 fully saturated rings. The topological polar surface area (TPSA) is 45.2 Å². The lowest BCUT2D eigenvalue weighted by Gasteiger charge is -2.16. The van der Waals surface area contributed by atoms with E-state index in [9.17, 15) is 5.11 Å². The van der Waals surface area contributed by atoms with Gasteiger partial charge in [-0.2, -0.15) is 0 Å². The van der Waals surface area contributed by atoms with Crippen LogP contribution in [0.5, 0.6) is 0 Å². The smallest absolute Gasteiger partial charge is 0.117 e. The highest BCUT2D eigenvalue weighted by Crippen LogP contribution is 2.31. The third-order valence-corrected chi connectivity index (χ3v) is 3.91. The maximum Gasteiger partial charge on any atom is 0.117 e. The number of nitrogens with zero attached hydrogens (tertiary/aromatic N) is 1. The van der Waals surface area contributed by atoms with Crippen LogP contribution in [0, 0.1) is 6.92 Å². The number of rotatable bonds is 2. The van der Waals surface area contributed by atoms with Crippen molar-refractivity contribution >= 4 is 17.0 Å². The van der Waals surface area contributed by atoms with E-state index in [1.807, 2.05) is 30.5 Å². The van der Waals surface area contributed by atoms with Crippen LogP contribution in [0.1, 0.15) is 22.4 Å². The van der Waals surface area contributed by atoms with Gasteiger partial charge in [-0.25, -0.2) is 4.98 Å². The van der Waals surface area contributed by atoms with Crippen LogP contribution in [0.3, 0.4) is 0 Å². The van der Waals surface area contributed by atoms with Crippen LogP contribution >= 0.6 is 11.3 Å². The molecule has 0 aliphatic carbocycles. The molecular weight excluding hydrogens is 232 g/mol. The molecule has 0 saturated carbocycles. The number of hydrogen-bond acceptors (Lipinski definition) is 4. The minimum Gasteiger partial charge on any atom is -0.385 e. The Balaban J connectivity index is 1.80. The molecule has 0 saturated heterocycles. The normalized spacial score (nSPS) is 19.8. The molecule has 3 nitrogen and oxygen atoms in total. The summed E-state index contributed by atoms with van der Waals surface area (Å²) >= 11 is 1.58. The number of para-hydroxylation sites is 1. The van der Waals surface area contributed by atoms with Crippen LogP contribution in [0.25, 0.3) is 0 Å². The van der Waals surface area contributed by atoms with Crippen LogP contribution in [-0.4, -0.2) is 16.1 Å². The summed E-state index contributed by atoms with van der Waals surface area (Å²) < 4.78 is 0. The molecule has 4 heteroatoms. The largest absolute Gasteiger partial charge is 0.385 e. The van der Waals surface area contributed by atoms with Gasteiger partial charge in [-0.15, -0.1) is 11.3 Å². The highest BCUT2D eigenvalue weighted by Gasteiger charge is 2.28. The highest BCUT2D eigenvalue weighted by atomic mass is 32.1. The Hall–Kier alpha value is -1.39. The number of nitrogens with one attached hydrogen (secondary N) is 1. The minimum absolute atomic E-state index is 0.0360. The molecule has 0 spiro atoms. The van der Waals surface area contributed by atoms with E-state index in [-0.39, 0.29) is 6.04 Å². The zero-order chi connectivity index (χ0) is 11.8. The lowest BCUT2D eigenvalue weighted by Crippen LogP contribution is -2.25. The number of aryl methyl sites for hydroxylation is 1. The number of benzene rings is 1. The Kier molecular flexibility index (Phi) is 2.61. The van der Waals surface area contributed by atoms with Crippen molar-refractivity contribution < 1.29 is 5.11 Å². The van der Waals surface area contributed by atoms with Gasteiger partial charge in [0.25, 0.3) is 0 Å². The summed E-state index contributed by atoms with van der Waals surface area (Å²) in [6, 6.07) is 8.22. The maximum atomic E-state index is 10.3. The second-order valence-electron chi connectivity index (χ2n) is 4.35. The van der Waals surface area contributed by atoms with Gasteiger partial charge in [-0.3, -0.25) is 0 Å². The standard InChI is InChI=1S/C13H14N2OS/c1-8-14-12(7-17-8)13(16)11-6-9-4-2-3-5-10(9)15-11/h2-5,7,11,13,15-16H,6H2,1H3. The molecule has 2 unspecified atom stereocenters. The first kappa shape index (κ1) is 10.7. The molecule has 2 heterocycles. The summed E-state index contributed by atoms with van der Waals surface area (Å²) in [7, 11) is 0. The average Bonchev–Trinajstić information content (AvgIpc) is 2.93. The minimum atomic E-state index is -0.535. The molecule has 88 valence electrons. The maximum absolute atomic E-state index is 10.3. The Morgan fingerprint density at radius 3 is 3.00 bits per heavy atom. The van der Waals surface area contributed by atoms with Gasteiger partial charge in [0.15, 0.2) is 0 Å². The van der Waals surface area contributed by atoms with Crippen molar-refractivity contribution in [3.8, 4) is 0 Å². The van der Waals surface area contributed by atoms with Crippen molar-refractivity contribution in [2.24, 2.45) is 0 Å². The number of aromatic nitrogens is 1. The fourth-order valence-corrected chi connectivity index (χ4v) is 2.88. The molecule has 1 aliphatic rings. The van der Waals surface area contributed by atoms with E-state index >= 15 is 0 Å². The van der Waals surface area contributed by atoms with E-state index in [1.54, 1.807) is 11.3 Å². The van der Waals surface area contributed by atoms with Crippen LogP contribution < -0.4 is 5.32 Å². The number of fused-ring (bicyclic) bond motifs is 1. The van der Waals surface area contributed by atoms with Gasteiger partial charge in [0.2, 0.25) is 0 Å². The Bertz CT molecular complexity index is 513. The van der Waals surface area contributed by atoms with Crippen molar-refractivity contribution in [2.45, 2.75) is 25.5 Å². The third kappa shape index (κ3) is 1.94. The van der Waals surface area contributed by atoms with E-state index in [0.29, 0.717) is 0 Å². The van der Waals surface area contributed by atoms with Gasteiger partial charge in [-0.1, -0.05) is 18.2 Å². The number of anilines is 1. The lowest BCUT2D eigenvalue weighted by molar-refractivity contribution is 0.152. The molecule has 1 aromatic heterocycles. The van der Waals surface area contributed by atoms with E-state index < -0.39 is 6.10 Å². The van der Waals surface area contributed by atoms with Gasteiger partial charge < -0.3 is 10.4 Å². The summed E-state index contributed by atoms with van der Waals surface area (Å²) in [6.45, 7) is 1.96. The SMILES string of the molecule is Cc1nc(C(O)C2Cc3ccccc3N2)cs1. The van der Waals surface area contributed by atoms with Crippen molar-refractivity contribution in [3.05, 3.63) is 45.9 Å². The van der Waals surface area contributed by atoms with Crippen molar-refractivity contribution in [2.75, 3.05) is 5.32 Å². The van der Waals surface area contributed by atoms with E-state index in [4.69, 9.17) is 0 Å². The average molecular weight is 246 g/mol. The van der Waals surface area contributed by atoms with Crippen LogP contribution in [0.15, 0.2) is 29.6 Å². The predicted octanol–water partition coefficient (Wildman–Crippen LogP) is 2.52. The summed E-state index contributed by atoms with van der Waals surface area (Å²) in [4.78, 5) is 4.35. The molecular formula is C13H14N2OS. The summed E-state index contributed by atoms with van der Waals surface area (Å²) in [5.41, 5.74) is 3.17. The fourth-order valence-electron chi connectivity index (χ4n) is 2.24. The second-order valence-corrected chi connectivity index (χ2v) is 5.41. The van der Waals surface area contributed by atoms with Crippen LogP contribution in [0.2, 0.25) is 0 Å². The first-order valence-electron chi connectivity index (χ1n) is 5.68. The summed E-state index contributed by atoms with van der Waals surface area (Å²) in [5, 5.41) is 16.6. The summed E-state index contributed by atoms with van der Waals surface area (Å²) in [6.07, 6.45) is 0.320. The Morgan fingerprint density at radius 1 is 1.47 bits per heavy atom. The zero-order valence-electron chi connectivity index (χ0n) is 9.55. The van der Waals surface area contributed by atoms with E-state index in [0.717, 1.165) is 22.8 Å². The summed E-state index contributed by atoms with van der Waals surface area (Å²) in [5.74, 6) is 0. The Labute approximate surface area is 104 Å². The second kappa shape index (κ2) is 4.13. The quantitative estimate of drug-likeness (QED) is 0.856. The molecule has 1 aromatic carbocycles. The van der Waals surface area contributed by atoms with Crippen LogP contribution in [-0.2, 0) is 6.42 Å². The first-order chi connectivity index (χ1) is 8.24. The number of aliphatic hydroxyl groups excluding tert-OH is 1. The van der Waals surface area contributed by atoms with E-state index in [1.165, 1.54) is 5.56 Å². The molecule has 0 radical (unpaired) electrons. The third-order valence-electron chi connectivity index (χ3n) is 3.12. The predicted molar refractivity (Wildman–Crippen MR) is 69.4 cm³/mol. The molecule has 2 atom stereocenters. The lowest BCUT2D eigenvalue weighted by atomic mass is 10.0. The van der Waals surface area contributed by atoms with Crippen LogP contribution in [0.4, 0.5) is 5.69 Å². The van der Waals surface area contributed by atoms with Gasteiger partial charge in [-0.05, 0) is 25.0 Å². The van der Waals surface area contributed by atoms with Crippen molar-refractivity contribution in [3.63, 3.8) is 0 Å². The van der Waals surface area contributed by atoms with Gasteiger partial charge >= 0.3 is 0 Å². The fraction of sp³-hybridized carbons (Fsp3) is 0.308. The molecule has 0 amide bonds. The van der Waals surface area contributed by atoms with E-state index in [2.05, 4.69) is 16.4 Å². The van der Waals surface area contributed by atoms with Gasteiger partial charge in [0.05, 0.1) is 16.7 Å². The molecule has 1 aliphatic heterocycles. The Morgan fingerprint density at radius 2 is 2.29 bits per heavy atom. The highest BCUT2D eigenvalue weighted by molar-refractivity contribution is 7.09. The molecule has 3 rings (SSSR count). The monoisotopic (exact) mass is 246 g/mol. The number of hydrogen-bond donors (Lipinski definition) is 2. The molecule has 2 aromatic rings. The first-order valence-corrected chi connectivity index (χ1v) is 6.56. The van der Waals surface area contributed by atoms with Gasteiger partial charge in [0, 0.05) is 11.1 Å². The molecule has 2 N–H and O–H groups in total. The molecule has 0 bridgehead atoms. The van der Waals surface area contributed by atoms with Crippen molar-refractivity contribution in [1.82, 2.24) is 4.98 Å².